The van der Waals surface area contributed by atoms with Crippen LogP contribution in [0.25, 0.3) is 0 Å². The third-order valence-electron chi connectivity index (χ3n) is 2.53. The number of nitrogens with zero attached hydrogens (tertiary/aromatic N) is 1. The molecule has 0 aliphatic carbocycles. The van der Waals surface area contributed by atoms with Gasteiger partial charge in [-0.1, -0.05) is 48.9 Å². The van der Waals surface area contributed by atoms with Crippen molar-refractivity contribution in [3.63, 3.8) is 0 Å². The molecule has 19 heavy (non-hydrogen) atoms. The molecule has 0 bridgehead atoms. The van der Waals surface area contributed by atoms with E-state index in [0.29, 0.717) is 11.6 Å². The van der Waals surface area contributed by atoms with E-state index in [-0.39, 0.29) is 8.68 Å². The first kappa shape index (κ1) is 14.3. The molecule has 0 aliphatic heterocycles. The van der Waals surface area contributed by atoms with Crippen molar-refractivity contribution in [1.82, 2.24) is 4.98 Å². The van der Waals surface area contributed by atoms with Gasteiger partial charge >= 0.3 is 0 Å². The van der Waals surface area contributed by atoms with Crippen molar-refractivity contribution in [2.45, 2.75) is 24.0 Å². The Morgan fingerprint density at radius 2 is 2.11 bits per heavy atom. The summed E-state index contributed by atoms with van der Waals surface area (Å²) in [6.45, 7) is 4.10. The Labute approximate surface area is 121 Å². The zero-order chi connectivity index (χ0) is 14.0. The highest BCUT2D eigenvalue weighted by Gasteiger charge is 2.17. The van der Waals surface area contributed by atoms with Crippen LogP contribution in [0.15, 0.2) is 34.7 Å². The zero-order valence-electron chi connectivity index (χ0n) is 10.4. The maximum absolute atomic E-state index is 12.1. The molecule has 102 valence electrons. The van der Waals surface area contributed by atoms with Gasteiger partial charge in [-0.25, -0.2) is 13.4 Å². The summed E-state index contributed by atoms with van der Waals surface area (Å²) in [5, 5.41) is 0. The Hall–Kier alpha value is -1.11. The summed E-state index contributed by atoms with van der Waals surface area (Å²) < 4.78 is 27.0. The molecule has 1 aromatic carbocycles. The van der Waals surface area contributed by atoms with E-state index in [0.717, 1.165) is 16.9 Å². The fourth-order valence-corrected chi connectivity index (χ4v) is 3.87. The molecule has 1 heterocycles. The van der Waals surface area contributed by atoms with E-state index in [1.807, 2.05) is 18.2 Å². The summed E-state index contributed by atoms with van der Waals surface area (Å²) in [7, 11) is -3.61. The smallest absolute Gasteiger partial charge is 0.273 e. The van der Waals surface area contributed by atoms with Crippen LogP contribution in [0.5, 0.6) is 0 Å². The topological polar surface area (TPSA) is 59.1 Å². The molecule has 0 saturated carbocycles. The van der Waals surface area contributed by atoms with Crippen molar-refractivity contribution in [1.29, 1.82) is 0 Å². The van der Waals surface area contributed by atoms with Crippen molar-refractivity contribution >= 4 is 38.6 Å². The van der Waals surface area contributed by atoms with Gasteiger partial charge in [0.1, 0.15) is 0 Å². The van der Waals surface area contributed by atoms with E-state index in [2.05, 4.69) is 23.6 Å². The molecule has 0 radical (unpaired) electrons. The Bertz CT molecular complexity index is 681. The standard InChI is InChI=1S/C12H13ClN2O2S2/c1-8(2)9-4-3-5-10(6-9)15-19(16,17)11-7-14-12(13)18-11/h3-8,15H,1-2H3. The van der Waals surface area contributed by atoms with E-state index in [1.54, 1.807) is 6.07 Å². The summed E-state index contributed by atoms with van der Waals surface area (Å²) in [5.41, 5.74) is 1.61. The van der Waals surface area contributed by atoms with Crippen LogP contribution in [-0.4, -0.2) is 13.4 Å². The second-order valence-corrected chi connectivity index (χ2v) is 7.84. The minimum absolute atomic E-state index is 0.104. The van der Waals surface area contributed by atoms with Gasteiger partial charge in [0.25, 0.3) is 10.0 Å². The number of aromatic nitrogens is 1. The quantitative estimate of drug-likeness (QED) is 0.935. The van der Waals surface area contributed by atoms with Crippen LogP contribution >= 0.6 is 22.9 Å². The number of halogens is 1. The molecular weight excluding hydrogens is 304 g/mol. The highest BCUT2D eigenvalue weighted by atomic mass is 35.5. The first-order chi connectivity index (χ1) is 8.88. The normalized spacial score (nSPS) is 11.8. The molecule has 0 atom stereocenters. The fourth-order valence-electron chi connectivity index (χ4n) is 1.53. The fraction of sp³-hybridized carbons (Fsp3) is 0.250. The van der Waals surface area contributed by atoms with Crippen LogP contribution < -0.4 is 4.72 Å². The highest BCUT2D eigenvalue weighted by Crippen LogP contribution is 2.25. The summed E-state index contributed by atoms with van der Waals surface area (Å²) >= 11 is 6.58. The Morgan fingerprint density at radius 1 is 1.37 bits per heavy atom. The molecule has 0 spiro atoms. The molecule has 2 rings (SSSR count). The van der Waals surface area contributed by atoms with E-state index >= 15 is 0 Å². The number of hydrogen-bond acceptors (Lipinski definition) is 4. The van der Waals surface area contributed by atoms with Crippen molar-refractivity contribution in [2.24, 2.45) is 0 Å². The predicted octanol–water partition coefficient (Wildman–Crippen LogP) is 3.72. The van der Waals surface area contributed by atoms with Crippen LogP contribution in [0, 0.1) is 0 Å². The van der Waals surface area contributed by atoms with Gasteiger partial charge in [-0.05, 0) is 23.6 Å². The van der Waals surface area contributed by atoms with E-state index in [4.69, 9.17) is 11.6 Å². The van der Waals surface area contributed by atoms with Crippen LogP contribution in [0.1, 0.15) is 25.3 Å². The van der Waals surface area contributed by atoms with Gasteiger partial charge < -0.3 is 0 Å². The van der Waals surface area contributed by atoms with Gasteiger partial charge in [-0.15, -0.1) is 0 Å². The minimum Gasteiger partial charge on any atom is -0.279 e. The van der Waals surface area contributed by atoms with E-state index in [9.17, 15) is 8.42 Å². The van der Waals surface area contributed by atoms with E-state index < -0.39 is 10.0 Å². The lowest BCUT2D eigenvalue weighted by molar-refractivity contribution is 0.603. The van der Waals surface area contributed by atoms with E-state index in [1.165, 1.54) is 6.20 Å². The number of thiazole rings is 1. The third-order valence-corrected chi connectivity index (χ3v) is 5.48. The van der Waals surface area contributed by atoms with Gasteiger partial charge in [0, 0.05) is 5.69 Å². The number of hydrogen-bond donors (Lipinski definition) is 1. The molecule has 0 fully saturated rings. The molecule has 2 aromatic rings. The van der Waals surface area contributed by atoms with Gasteiger partial charge in [0.05, 0.1) is 6.20 Å². The first-order valence-electron chi connectivity index (χ1n) is 5.62. The third kappa shape index (κ3) is 3.46. The predicted molar refractivity (Wildman–Crippen MR) is 78.5 cm³/mol. The van der Waals surface area contributed by atoms with Crippen LogP contribution in [0.3, 0.4) is 0 Å². The van der Waals surface area contributed by atoms with Crippen molar-refractivity contribution in [2.75, 3.05) is 4.72 Å². The summed E-state index contributed by atoms with van der Waals surface area (Å²) in [6.07, 6.45) is 1.25. The lowest BCUT2D eigenvalue weighted by Gasteiger charge is -2.09. The number of nitrogens with one attached hydrogen (secondary N) is 1. The zero-order valence-corrected chi connectivity index (χ0v) is 12.8. The lowest BCUT2D eigenvalue weighted by atomic mass is 10.0. The van der Waals surface area contributed by atoms with Crippen LogP contribution in [0.4, 0.5) is 5.69 Å². The molecule has 1 N–H and O–H groups in total. The average molecular weight is 317 g/mol. The highest BCUT2D eigenvalue weighted by molar-refractivity contribution is 7.94. The lowest BCUT2D eigenvalue weighted by Crippen LogP contribution is -2.11. The monoisotopic (exact) mass is 316 g/mol. The Morgan fingerprint density at radius 3 is 2.68 bits per heavy atom. The summed E-state index contributed by atoms with van der Waals surface area (Å²) in [6, 6.07) is 7.33. The summed E-state index contributed by atoms with van der Waals surface area (Å²) in [5.74, 6) is 0.335. The molecule has 0 amide bonds. The van der Waals surface area contributed by atoms with Crippen molar-refractivity contribution in [3.8, 4) is 0 Å². The van der Waals surface area contributed by atoms with Crippen molar-refractivity contribution < 1.29 is 8.42 Å². The second kappa shape index (κ2) is 5.48. The minimum atomic E-state index is -3.61. The number of rotatable bonds is 4. The van der Waals surface area contributed by atoms with Gasteiger partial charge in [0.2, 0.25) is 0 Å². The molecule has 0 saturated heterocycles. The largest absolute Gasteiger partial charge is 0.279 e. The maximum Gasteiger partial charge on any atom is 0.273 e. The maximum atomic E-state index is 12.1. The van der Waals surface area contributed by atoms with Crippen LogP contribution in [-0.2, 0) is 10.0 Å². The average Bonchev–Trinajstić information content (AvgIpc) is 2.76. The summed E-state index contributed by atoms with van der Waals surface area (Å²) in [4.78, 5) is 3.74. The molecule has 0 unspecified atom stereocenters. The number of anilines is 1. The second-order valence-electron chi connectivity index (χ2n) is 4.32. The molecule has 1 aromatic heterocycles. The SMILES string of the molecule is CC(C)c1cccc(NS(=O)(=O)c2cnc(Cl)s2)c1. The molecule has 0 aliphatic rings. The molecule has 4 nitrogen and oxygen atoms in total. The van der Waals surface area contributed by atoms with Crippen molar-refractivity contribution in [3.05, 3.63) is 40.5 Å². The van der Waals surface area contributed by atoms with Gasteiger partial charge in [-0.2, -0.15) is 0 Å². The first-order valence-corrected chi connectivity index (χ1v) is 8.30. The van der Waals surface area contributed by atoms with Gasteiger partial charge in [-0.3, -0.25) is 4.72 Å². The number of benzene rings is 1. The van der Waals surface area contributed by atoms with Crippen LogP contribution in [0.2, 0.25) is 4.47 Å². The molecular formula is C12H13ClN2O2S2. The van der Waals surface area contributed by atoms with Gasteiger partial charge in [0.15, 0.2) is 8.68 Å². The Kier molecular flexibility index (Phi) is 4.13. The number of sulfonamides is 1. The Balaban J connectivity index is 2.28. The molecule has 7 heteroatoms.